The van der Waals surface area contributed by atoms with E-state index in [9.17, 15) is 9.59 Å². The highest BCUT2D eigenvalue weighted by Gasteiger charge is 2.19. The van der Waals surface area contributed by atoms with Crippen LogP contribution >= 0.6 is 0 Å². The fourth-order valence-electron chi connectivity index (χ4n) is 4.67. The molecular formula is C31H60N2O4+2. The fourth-order valence-corrected chi connectivity index (χ4v) is 4.67. The van der Waals surface area contributed by atoms with E-state index in [1.807, 2.05) is 0 Å². The van der Waals surface area contributed by atoms with Crippen LogP contribution in [0.1, 0.15) is 96.3 Å². The molecule has 0 fully saturated rings. The zero-order chi connectivity index (χ0) is 27.8. The SMILES string of the molecule is C=CC(=O)OCCCCCCCCC[N+](C)(C)CCC[N+](C)(C)CCCCCCCCCOC(=O)C=C. The molecule has 0 aliphatic rings. The molecule has 216 valence electrons. The fraction of sp³-hybridized carbons (Fsp3) is 0.806. The second-order valence-electron chi connectivity index (χ2n) is 11.8. The van der Waals surface area contributed by atoms with Crippen molar-refractivity contribution in [1.82, 2.24) is 0 Å². The van der Waals surface area contributed by atoms with Gasteiger partial charge in [0.1, 0.15) is 0 Å². The number of carbonyl (C=O) groups is 2. The number of quaternary nitrogens is 2. The summed E-state index contributed by atoms with van der Waals surface area (Å²) in [6.07, 6.45) is 20.8. The van der Waals surface area contributed by atoms with Crippen LogP contribution in [0.25, 0.3) is 0 Å². The molecule has 0 saturated heterocycles. The molecule has 0 radical (unpaired) electrons. The second-order valence-corrected chi connectivity index (χ2v) is 11.8. The van der Waals surface area contributed by atoms with Gasteiger partial charge in [-0.3, -0.25) is 0 Å². The third-order valence-corrected chi connectivity index (χ3v) is 7.16. The van der Waals surface area contributed by atoms with Crippen LogP contribution in [0.3, 0.4) is 0 Å². The highest BCUT2D eigenvalue weighted by molar-refractivity contribution is 5.81. The minimum atomic E-state index is -0.315. The minimum absolute atomic E-state index is 0.315. The van der Waals surface area contributed by atoms with Crippen molar-refractivity contribution in [3.05, 3.63) is 25.3 Å². The van der Waals surface area contributed by atoms with Crippen LogP contribution in [0, 0.1) is 0 Å². The maximum atomic E-state index is 11.0. The lowest BCUT2D eigenvalue weighted by molar-refractivity contribution is -0.909. The lowest BCUT2D eigenvalue weighted by Crippen LogP contribution is -2.46. The molecule has 37 heavy (non-hydrogen) atoms. The molecule has 0 aromatic heterocycles. The Hall–Kier alpha value is -1.66. The number of esters is 2. The molecular weight excluding hydrogens is 464 g/mol. The summed E-state index contributed by atoms with van der Waals surface area (Å²) >= 11 is 0. The Morgan fingerprint density at radius 1 is 0.486 bits per heavy atom. The summed E-state index contributed by atoms with van der Waals surface area (Å²) in [7, 11) is 9.53. The number of ether oxygens (including phenoxy) is 2. The summed E-state index contributed by atoms with van der Waals surface area (Å²) in [6, 6.07) is 0. The summed E-state index contributed by atoms with van der Waals surface area (Å²) in [5.74, 6) is -0.630. The number of hydrogen-bond acceptors (Lipinski definition) is 4. The minimum Gasteiger partial charge on any atom is -0.463 e. The second kappa shape index (κ2) is 22.3. The predicted molar refractivity (Wildman–Crippen MR) is 155 cm³/mol. The van der Waals surface area contributed by atoms with Crippen LogP contribution in [-0.2, 0) is 19.1 Å². The van der Waals surface area contributed by atoms with Crippen molar-refractivity contribution in [1.29, 1.82) is 0 Å². The molecule has 0 saturated carbocycles. The predicted octanol–water partition coefficient (Wildman–Crippen LogP) is 6.45. The van der Waals surface area contributed by atoms with Crippen LogP contribution in [0.2, 0.25) is 0 Å². The highest BCUT2D eigenvalue weighted by atomic mass is 16.5. The summed E-state index contributed by atoms with van der Waals surface area (Å²) < 4.78 is 12.3. The van der Waals surface area contributed by atoms with Crippen LogP contribution in [0.5, 0.6) is 0 Å². The van der Waals surface area contributed by atoms with Crippen LogP contribution in [0.15, 0.2) is 25.3 Å². The zero-order valence-electron chi connectivity index (χ0n) is 24.9. The summed E-state index contributed by atoms with van der Waals surface area (Å²) in [6.45, 7) is 12.9. The molecule has 0 atom stereocenters. The van der Waals surface area contributed by atoms with E-state index in [0.29, 0.717) is 13.2 Å². The van der Waals surface area contributed by atoms with Gasteiger partial charge in [-0.05, 0) is 38.5 Å². The molecule has 0 spiro atoms. The Morgan fingerprint density at radius 2 is 0.757 bits per heavy atom. The molecule has 0 amide bonds. The molecule has 0 aromatic carbocycles. The Morgan fingerprint density at radius 3 is 1.08 bits per heavy atom. The van der Waals surface area contributed by atoms with Gasteiger partial charge in [-0.25, -0.2) is 9.59 Å². The van der Waals surface area contributed by atoms with Gasteiger partial charge in [-0.1, -0.05) is 64.5 Å². The topological polar surface area (TPSA) is 52.6 Å². The molecule has 0 unspecified atom stereocenters. The van der Waals surface area contributed by atoms with Crippen molar-refractivity contribution in [3.8, 4) is 0 Å². The van der Waals surface area contributed by atoms with E-state index in [2.05, 4.69) is 41.3 Å². The van der Waals surface area contributed by atoms with E-state index >= 15 is 0 Å². The van der Waals surface area contributed by atoms with Crippen molar-refractivity contribution in [3.63, 3.8) is 0 Å². The van der Waals surface area contributed by atoms with Gasteiger partial charge >= 0.3 is 11.9 Å². The van der Waals surface area contributed by atoms with Crippen molar-refractivity contribution >= 4 is 11.9 Å². The third kappa shape index (κ3) is 24.4. The molecule has 0 N–H and O–H groups in total. The van der Waals surface area contributed by atoms with Crippen LogP contribution < -0.4 is 0 Å². The smallest absolute Gasteiger partial charge is 0.330 e. The number of carbonyl (C=O) groups excluding carboxylic acids is 2. The summed E-state index contributed by atoms with van der Waals surface area (Å²) in [5, 5.41) is 0. The molecule has 0 aromatic rings. The van der Waals surface area contributed by atoms with Crippen molar-refractivity contribution in [2.75, 3.05) is 67.6 Å². The van der Waals surface area contributed by atoms with Crippen molar-refractivity contribution in [2.24, 2.45) is 0 Å². The van der Waals surface area contributed by atoms with Gasteiger partial charge in [-0.2, -0.15) is 0 Å². The van der Waals surface area contributed by atoms with Crippen LogP contribution in [-0.4, -0.2) is 88.5 Å². The van der Waals surface area contributed by atoms with Gasteiger partial charge in [0.15, 0.2) is 0 Å². The molecule has 0 aliphatic heterocycles. The average Bonchev–Trinajstić information content (AvgIpc) is 2.85. The maximum Gasteiger partial charge on any atom is 0.330 e. The number of hydrogen-bond donors (Lipinski definition) is 0. The van der Waals surface area contributed by atoms with Gasteiger partial charge in [0.25, 0.3) is 0 Å². The van der Waals surface area contributed by atoms with Gasteiger partial charge < -0.3 is 18.4 Å². The van der Waals surface area contributed by atoms with Gasteiger partial charge in [-0.15, -0.1) is 0 Å². The van der Waals surface area contributed by atoms with E-state index in [1.165, 1.54) is 109 Å². The molecule has 0 heterocycles. The lowest BCUT2D eigenvalue weighted by Gasteiger charge is -2.33. The standard InChI is InChI=1S/C31H60N2O4/c1-7-30(34)36-28-21-17-13-9-11-15-19-24-32(3,4)26-23-27-33(5,6)25-20-16-12-10-14-18-22-29-37-31(35)8-2/h7-8H,1-2,9-29H2,3-6H3/q+2. The van der Waals surface area contributed by atoms with Crippen LogP contribution in [0.4, 0.5) is 0 Å². The van der Waals surface area contributed by atoms with Gasteiger partial charge in [0.2, 0.25) is 0 Å². The first-order chi connectivity index (χ1) is 17.6. The molecule has 0 bridgehead atoms. The average molecular weight is 525 g/mol. The quantitative estimate of drug-likeness (QED) is 0.0565. The first-order valence-electron chi connectivity index (χ1n) is 14.8. The van der Waals surface area contributed by atoms with E-state index in [-0.39, 0.29) is 11.9 Å². The zero-order valence-corrected chi connectivity index (χ0v) is 24.9. The monoisotopic (exact) mass is 524 g/mol. The third-order valence-electron chi connectivity index (χ3n) is 7.16. The van der Waals surface area contributed by atoms with E-state index in [0.717, 1.165) is 34.6 Å². The molecule has 6 heteroatoms. The number of unbranched alkanes of at least 4 members (excludes halogenated alkanes) is 12. The Labute approximate surface area is 229 Å². The van der Waals surface area contributed by atoms with E-state index in [1.54, 1.807) is 0 Å². The first kappa shape index (κ1) is 35.3. The largest absolute Gasteiger partial charge is 0.463 e. The molecule has 0 aliphatic carbocycles. The molecule has 0 rings (SSSR count). The number of rotatable bonds is 26. The summed E-state index contributed by atoms with van der Waals surface area (Å²) in [5.41, 5.74) is 0. The highest BCUT2D eigenvalue weighted by Crippen LogP contribution is 2.13. The lowest BCUT2D eigenvalue weighted by atomic mass is 10.1. The van der Waals surface area contributed by atoms with E-state index in [4.69, 9.17) is 9.47 Å². The molecule has 6 nitrogen and oxygen atoms in total. The van der Waals surface area contributed by atoms with Gasteiger partial charge in [0, 0.05) is 18.6 Å². The first-order valence-corrected chi connectivity index (χ1v) is 14.8. The van der Waals surface area contributed by atoms with E-state index < -0.39 is 0 Å². The van der Waals surface area contributed by atoms with Crippen molar-refractivity contribution in [2.45, 2.75) is 96.3 Å². The van der Waals surface area contributed by atoms with Gasteiger partial charge in [0.05, 0.1) is 67.6 Å². The maximum absolute atomic E-state index is 11.0. The normalized spacial score (nSPS) is 11.8. The summed E-state index contributed by atoms with van der Waals surface area (Å²) in [4.78, 5) is 22.0. The Kier molecular flexibility index (Phi) is 21.3. The number of nitrogens with zero attached hydrogens (tertiary/aromatic N) is 2. The van der Waals surface area contributed by atoms with Crippen molar-refractivity contribution < 1.29 is 28.0 Å². The Bertz CT molecular complexity index is 564. The Balaban J connectivity index is 3.64.